The van der Waals surface area contributed by atoms with Crippen LogP contribution >= 0.6 is 0 Å². The number of carbonyl (C=O) groups excluding carboxylic acids is 1. The molecule has 2 aromatic carbocycles. The summed E-state index contributed by atoms with van der Waals surface area (Å²) in [5, 5.41) is 1.22. The summed E-state index contributed by atoms with van der Waals surface area (Å²) < 4.78 is 37.9. The van der Waals surface area contributed by atoms with Crippen molar-refractivity contribution in [1.82, 2.24) is 9.21 Å². The smallest absolute Gasteiger partial charge is 0.267 e. The Hall–Kier alpha value is -2.84. The summed E-state index contributed by atoms with van der Waals surface area (Å²) in [6.07, 6.45) is 0.864. The molecule has 1 saturated heterocycles. The van der Waals surface area contributed by atoms with Gasteiger partial charge >= 0.3 is 0 Å². The van der Waals surface area contributed by atoms with Crippen LogP contribution in [0.2, 0.25) is 0 Å². The fourth-order valence-corrected chi connectivity index (χ4v) is 4.50. The molecule has 0 N–H and O–H groups in total. The van der Waals surface area contributed by atoms with Crippen LogP contribution in [0, 0.1) is 0 Å². The molecule has 1 atom stereocenters. The van der Waals surface area contributed by atoms with Crippen LogP contribution in [0.1, 0.15) is 5.56 Å². The number of carbonyl (C=O) groups is 1. The van der Waals surface area contributed by atoms with Crippen molar-refractivity contribution in [3.63, 3.8) is 0 Å². The Kier molecular flexibility index (Phi) is 5.55. The summed E-state index contributed by atoms with van der Waals surface area (Å²) >= 11 is 0. The second kappa shape index (κ2) is 8.26. The van der Waals surface area contributed by atoms with Gasteiger partial charge in [0.05, 0.1) is 0 Å². The highest BCUT2D eigenvalue weighted by Crippen LogP contribution is 2.31. The molecule has 0 spiro atoms. The molecule has 1 amide bonds. The summed E-state index contributed by atoms with van der Waals surface area (Å²) in [6.45, 7) is 1.28. The summed E-state index contributed by atoms with van der Waals surface area (Å²) in [7, 11) is -3.54. The molecule has 0 unspecified atom stereocenters. The third-order valence-electron chi connectivity index (χ3n) is 4.93. The molecule has 4 rings (SSSR count). The van der Waals surface area contributed by atoms with Gasteiger partial charge in [-0.05, 0) is 23.8 Å². The van der Waals surface area contributed by atoms with Crippen molar-refractivity contribution < 1.29 is 22.7 Å². The van der Waals surface area contributed by atoms with E-state index in [1.165, 1.54) is 9.71 Å². The number of para-hydroxylation sites is 2. The number of ether oxygens (including phenoxy) is 2. The van der Waals surface area contributed by atoms with Gasteiger partial charge in [-0.1, -0.05) is 42.5 Å². The highest BCUT2D eigenvalue weighted by molar-refractivity contribution is 7.92. The van der Waals surface area contributed by atoms with Crippen LogP contribution in [0.5, 0.6) is 11.5 Å². The van der Waals surface area contributed by atoms with Crippen molar-refractivity contribution in [1.29, 1.82) is 0 Å². The van der Waals surface area contributed by atoms with Gasteiger partial charge in [0.15, 0.2) is 11.5 Å². The van der Waals surface area contributed by atoms with Gasteiger partial charge in [0.1, 0.15) is 6.61 Å². The molecule has 0 saturated carbocycles. The van der Waals surface area contributed by atoms with Crippen LogP contribution in [0.4, 0.5) is 0 Å². The lowest BCUT2D eigenvalue weighted by molar-refractivity contribution is -0.142. The Morgan fingerprint density at radius 1 is 0.931 bits per heavy atom. The minimum Gasteiger partial charge on any atom is -0.485 e. The molecule has 2 aliphatic heterocycles. The molecule has 7 nitrogen and oxygen atoms in total. The Balaban J connectivity index is 1.34. The molecule has 0 aliphatic carbocycles. The van der Waals surface area contributed by atoms with Crippen molar-refractivity contribution in [3.05, 3.63) is 65.6 Å². The Bertz CT molecular complexity index is 999. The van der Waals surface area contributed by atoms with Crippen molar-refractivity contribution >= 4 is 22.0 Å². The molecule has 8 heteroatoms. The standard InChI is InChI=1S/C21H22N2O5S/c24-21(20-16-27-18-8-4-5-9-19(18)28-20)22-11-13-23(14-12-22)29(25,26)15-10-17-6-2-1-3-7-17/h1-10,15,20H,11-14,16H2/b15-10+/t20-/m1/s1. The van der Waals surface area contributed by atoms with Gasteiger partial charge in [-0.3, -0.25) is 4.79 Å². The van der Waals surface area contributed by atoms with Gasteiger partial charge in [-0.2, -0.15) is 4.31 Å². The van der Waals surface area contributed by atoms with E-state index in [9.17, 15) is 13.2 Å². The van der Waals surface area contributed by atoms with Gasteiger partial charge in [0.2, 0.25) is 16.1 Å². The number of rotatable bonds is 4. The molecule has 0 bridgehead atoms. The number of amides is 1. The Morgan fingerprint density at radius 2 is 1.59 bits per heavy atom. The first-order valence-electron chi connectivity index (χ1n) is 9.43. The van der Waals surface area contributed by atoms with Gasteiger partial charge in [-0.15, -0.1) is 0 Å². The summed E-state index contributed by atoms with van der Waals surface area (Å²) in [6, 6.07) is 16.5. The lowest BCUT2D eigenvalue weighted by Crippen LogP contribution is -2.54. The largest absolute Gasteiger partial charge is 0.485 e. The molecular formula is C21H22N2O5S. The summed E-state index contributed by atoms with van der Waals surface area (Å²) in [4.78, 5) is 14.4. The number of benzene rings is 2. The van der Waals surface area contributed by atoms with Gasteiger partial charge in [0, 0.05) is 31.6 Å². The average molecular weight is 414 g/mol. The average Bonchev–Trinajstić information content (AvgIpc) is 2.78. The zero-order valence-corrected chi connectivity index (χ0v) is 16.6. The third-order valence-corrected chi connectivity index (χ3v) is 6.49. The zero-order chi connectivity index (χ0) is 20.3. The molecule has 2 heterocycles. The maximum atomic E-state index is 12.8. The Morgan fingerprint density at radius 3 is 2.31 bits per heavy atom. The van der Waals surface area contributed by atoms with Crippen molar-refractivity contribution in [2.45, 2.75) is 6.10 Å². The van der Waals surface area contributed by atoms with Crippen LogP contribution in [-0.2, 0) is 14.8 Å². The lowest BCUT2D eigenvalue weighted by atomic mass is 10.2. The first kappa shape index (κ1) is 19.5. The zero-order valence-electron chi connectivity index (χ0n) is 15.8. The van der Waals surface area contributed by atoms with E-state index in [2.05, 4.69) is 0 Å². The molecule has 2 aromatic rings. The number of sulfonamides is 1. The first-order chi connectivity index (χ1) is 14.0. The normalized spacial score (nSPS) is 20.0. The fourth-order valence-electron chi connectivity index (χ4n) is 3.32. The third kappa shape index (κ3) is 4.44. The summed E-state index contributed by atoms with van der Waals surface area (Å²) in [5.41, 5.74) is 0.819. The number of piperazine rings is 1. The van der Waals surface area contributed by atoms with E-state index in [-0.39, 0.29) is 25.6 Å². The second-order valence-corrected chi connectivity index (χ2v) is 8.67. The van der Waals surface area contributed by atoms with Gasteiger partial charge in [-0.25, -0.2) is 8.42 Å². The maximum Gasteiger partial charge on any atom is 0.267 e. The molecule has 1 fully saturated rings. The van der Waals surface area contributed by atoms with E-state index < -0.39 is 16.1 Å². The first-order valence-corrected chi connectivity index (χ1v) is 10.9. The minimum atomic E-state index is -3.54. The summed E-state index contributed by atoms with van der Waals surface area (Å²) in [5.74, 6) is 0.985. The van der Waals surface area contributed by atoms with Crippen molar-refractivity contribution in [3.8, 4) is 11.5 Å². The molecule has 29 heavy (non-hydrogen) atoms. The molecule has 0 aromatic heterocycles. The molecule has 0 radical (unpaired) electrons. The van der Waals surface area contributed by atoms with E-state index in [1.54, 1.807) is 23.1 Å². The van der Waals surface area contributed by atoms with E-state index in [0.717, 1.165) is 5.56 Å². The SMILES string of the molecule is O=C([C@H]1COc2ccccc2O1)N1CCN(S(=O)(=O)/C=C/c2ccccc2)CC1. The van der Waals surface area contributed by atoms with Crippen molar-refractivity contribution in [2.75, 3.05) is 32.8 Å². The number of fused-ring (bicyclic) bond motifs is 1. The minimum absolute atomic E-state index is 0.147. The number of hydrogen-bond acceptors (Lipinski definition) is 5. The Labute approximate surface area is 170 Å². The van der Waals surface area contributed by atoms with E-state index in [1.807, 2.05) is 42.5 Å². The molecular weight excluding hydrogens is 392 g/mol. The quantitative estimate of drug-likeness (QED) is 0.765. The van der Waals surface area contributed by atoms with E-state index in [0.29, 0.717) is 24.6 Å². The molecule has 2 aliphatic rings. The van der Waals surface area contributed by atoms with Crippen molar-refractivity contribution in [2.24, 2.45) is 0 Å². The van der Waals surface area contributed by atoms with Crippen LogP contribution in [0.3, 0.4) is 0 Å². The topological polar surface area (TPSA) is 76.2 Å². The maximum absolute atomic E-state index is 12.8. The predicted molar refractivity (Wildman–Crippen MR) is 109 cm³/mol. The highest BCUT2D eigenvalue weighted by Gasteiger charge is 2.34. The van der Waals surface area contributed by atoms with Crippen LogP contribution < -0.4 is 9.47 Å². The van der Waals surface area contributed by atoms with Crippen LogP contribution in [0.15, 0.2) is 60.0 Å². The molecule has 152 valence electrons. The fraction of sp³-hybridized carbons (Fsp3) is 0.286. The van der Waals surface area contributed by atoms with Crippen LogP contribution in [-0.4, -0.2) is 62.4 Å². The highest BCUT2D eigenvalue weighted by atomic mass is 32.2. The number of hydrogen-bond donors (Lipinski definition) is 0. The lowest BCUT2D eigenvalue weighted by Gasteiger charge is -2.36. The van der Waals surface area contributed by atoms with Gasteiger partial charge in [0.25, 0.3) is 5.91 Å². The number of nitrogens with zero attached hydrogens (tertiary/aromatic N) is 2. The van der Waals surface area contributed by atoms with Gasteiger partial charge < -0.3 is 14.4 Å². The van der Waals surface area contributed by atoms with E-state index in [4.69, 9.17) is 9.47 Å². The van der Waals surface area contributed by atoms with Crippen LogP contribution in [0.25, 0.3) is 6.08 Å². The van der Waals surface area contributed by atoms with E-state index >= 15 is 0 Å². The monoisotopic (exact) mass is 414 g/mol. The second-order valence-electron chi connectivity index (χ2n) is 6.85. The predicted octanol–water partition coefficient (Wildman–Crippen LogP) is 1.97.